The number of aromatic nitrogens is 3. The van der Waals surface area contributed by atoms with Gasteiger partial charge in [-0.2, -0.15) is 5.10 Å². The van der Waals surface area contributed by atoms with Gasteiger partial charge < -0.3 is 5.32 Å². The maximum Gasteiger partial charge on any atom is 0.164 e. The molecule has 0 atom stereocenters. The van der Waals surface area contributed by atoms with Crippen LogP contribution in [0.15, 0.2) is 6.33 Å². The van der Waals surface area contributed by atoms with Crippen molar-refractivity contribution in [3.05, 3.63) is 12.2 Å². The summed E-state index contributed by atoms with van der Waals surface area (Å²) in [5, 5.41) is 7.79. The maximum atomic E-state index is 4.46. The van der Waals surface area contributed by atoms with E-state index in [0.29, 0.717) is 6.04 Å². The number of aryl methyl sites for hydroxylation is 1. The second-order valence-corrected chi connectivity index (χ2v) is 5.23. The van der Waals surface area contributed by atoms with Gasteiger partial charge in [0.05, 0.1) is 6.54 Å². The molecule has 0 radical (unpaired) electrons. The SMILES string of the molecule is CCCCCCCCn1cnc(CNC(C)C)n1. The summed E-state index contributed by atoms with van der Waals surface area (Å²) in [6.45, 7) is 8.28. The molecule has 104 valence electrons. The van der Waals surface area contributed by atoms with Gasteiger partial charge in [0.2, 0.25) is 0 Å². The summed E-state index contributed by atoms with van der Waals surface area (Å²) in [7, 11) is 0. The highest BCUT2D eigenvalue weighted by atomic mass is 15.3. The fourth-order valence-corrected chi connectivity index (χ4v) is 1.87. The molecular weight excluding hydrogens is 224 g/mol. The van der Waals surface area contributed by atoms with Gasteiger partial charge >= 0.3 is 0 Å². The minimum atomic E-state index is 0.482. The minimum absolute atomic E-state index is 0.482. The van der Waals surface area contributed by atoms with Gasteiger partial charge in [-0.05, 0) is 6.42 Å². The molecule has 0 amide bonds. The van der Waals surface area contributed by atoms with Crippen LogP contribution in [0.2, 0.25) is 0 Å². The standard InChI is InChI=1S/C14H28N4/c1-4-5-6-7-8-9-10-18-12-16-14(17-18)11-15-13(2)3/h12-13,15H,4-11H2,1-3H3. The molecule has 18 heavy (non-hydrogen) atoms. The third kappa shape index (κ3) is 6.74. The molecule has 4 heteroatoms. The average molecular weight is 252 g/mol. The van der Waals surface area contributed by atoms with Crippen LogP contribution >= 0.6 is 0 Å². The van der Waals surface area contributed by atoms with Crippen LogP contribution in [0, 0.1) is 0 Å². The van der Waals surface area contributed by atoms with Crippen LogP contribution in [0.3, 0.4) is 0 Å². The summed E-state index contributed by atoms with van der Waals surface area (Å²) in [5.74, 6) is 0.898. The number of hydrogen-bond donors (Lipinski definition) is 1. The van der Waals surface area contributed by atoms with Crippen molar-refractivity contribution >= 4 is 0 Å². The van der Waals surface area contributed by atoms with E-state index in [4.69, 9.17) is 0 Å². The molecule has 1 N–H and O–H groups in total. The zero-order chi connectivity index (χ0) is 13.2. The summed E-state index contributed by atoms with van der Waals surface area (Å²) in [6.07, 6.45) is 9.78. The van der Waals surface area contributed by atoms with Crippen molar-refractivity contribution in [3.63, 3.8) is 0 Å². The highest BCUT2D eigenvalue weighted by Gasteiger charge is 2.01. The van der Waals surface area contributed by atoms with E-state index in [1.165, 1.54) is 38.5 Å². The Balaban J connectivity index is 2.11. The van der Waals surface area contributed by atoms with Gasteiger partial charge in [-0.15, -0.1) is 0 Å². The molecule has 0 aliphatic heterocycles. The lowest BCUT2D eigenvalue weighted by atomic mass is 10.1. The predicted molar refractivity (Wildman–Crippen MR) is 75.4 cm³/mol. The number of unbranched alkanes of at least 4 members (excludes halogenated alkanes) is 5. The first-order valence-corrected chi connectivity index (χ1v) is 7.34. The molecule has 0 fully saturated rings. The number of nitrogens with zero attached hydrogens (tertiary/aromatic N) is 3. The van der Waals surface area contributed by atoms with Crippen LogP contribution in [0.4, 0.5) is 0 Å². The smallest absolute Gasteiger partial charge is 0.164 e. The summed E-state index contributed by atoms with van der Waals surface area (Å²) >= 11 is 0. The third-order valence-electron chi connectivity index (χ3n) is 2.99. The molecule has 0 aliphatic carbocycles. The molecule has 0 saturated carbocycles. The van der Waals surface area contributed by atoms with E-state index in [1.807, 2.05) is 11.0 Å². The summed E-state index contributed by atoms with van der Waals surface area (Å²) < 4.78 is 1.97. The lowest BCUT2D eigenvalue weighted by Crippen LogP contribution is -2.22. The maximum absolute atomic E-state index is 4.46. The van der Waals surface area contributed by atoms with Crippen molar-refractivity contribution in [2.45, 2.75) is 78.4 Å². The van der Waals surface area contributed by atoms with Gasteiger partial charge in [-0.25, -0.2) is 4.98 Å². The molecule has 0 unspecified atom stereocenters. The van der Waals surface area contributed by atoms with E-state index in [9.17, 15) is 0 Å². The fourth-order valence-electron chi connectivity index (χ4n) is 1.87. The molecule has 0 spiro atoms. The lowest BCUT2D eigenvalue weighted by molar-refractivity contribution is 0.516. The Morgan fingerprint density at radius 3 is 2.61 bits per heavy atom. The van der Waals surface area contributed by atoms with Gasteiger partial charge in [0.25, 0.3) is 0 Å². The van der Waals surface area contributed by atoms with Crippen LogP contribution in [0.25, 0.3) is 0 Å². The van der Waals surface area contributed by atoms with Crippen molar-refractivity contribution in [2.75, 3.05) is 0 Å². The van der Waals surface area contributed by atoms with E-state index in [0.717, 1.165) is 18.9 Å². The molecule has 4 nitrogen and oxygen atoms in total. The normalized spacial score (nSPS) is 11.3. The third-order valence-corrected chi connectivity index (χ3v) is 2.99. The molecule has 1 aromatic rings. The van der Waals surface area contributed by atoms with Crippen molar-refractivity contribution in [1.82, 2.24) is 20.1 Å². The van der Waals surface area contributed by atoms with Crippen LogP contribution in [0.5, 0.6) is 0 Å². The topological polar surface area (TPSA) is 42.7 Å². The fraction of sp³-hybridized carbons (Fsp3) is 0.857. The molecular formula is C14H28N4. The molecule has 0 bridgehead atoms. The highest BCUT2D eigenvalue weighted by molar-refractivity contribution is 4.81. The van der Waals surface area contributed by atoms with E-state index in [-0.39, 0.29) is 0 Å². The minimum Gasteiger partial charge on any atom is -0.308 e. The monoisotopic (exact) mass is 252 g/mol. The van der Waals surface area contributed by atoms with Gasteiger partial charge in [-0.1, -0.05) is 52.9 Å². The Morgan fingerprint density at radius 2 is 1.89 bits per heavy atom. The molecule has 1 aromatic heterocycles. The highest BCUT2D eigenvalue weighted by Crippen LogP contribution is 2.05. The van der Waals surface area contributed by atoms with Gasteiger partial charge in [0.1, 0.15) is 6.33 Å². The molecule has 1 heterocycles. The Kier molecular flexibility index (Phi) is 7.65. The molecule has 0 saturated heterocycles. The van der Waals surface area contributed by atoms with Crippen molar-refractivity contribution < 1.29 is 0 Å². The Labute approximate surface area is 111 Å². The Hall–Kier alpha value is -0.900. The predicted octanol–water partition coefficient (Wildman–Crippen LogP) is 3.14. The first-order chi connectivity index (χ1) is 8.72. The summed E-state index contributed by atoms with van der Waals surface area (Å²) in [4.78, 5) is 4.31. The lowest BCUT2D eigenvalue weighted by Gasteiger charge is -2.04. The van der Waals surface area contributed by atoms with Crippen molar-refractivity contribution in [3.8, 4) is 0 Å². The molecule has 1 rings (SSSR count). The van der Waals surface area contributed by atoms with Gasteiger partial charge in [-0.3, -0.25) is 4.68 Å². The molecule has 0 aromatic carbocycles. The largest absolute Gasteiger partial charge is 0.308 e. The zero-order valence-corrected chi connectivity index (χ0v) is 12.2. The van der Waals surface area contributed by atoms with E-state index in [2.05, 4.69) is 36.2 Å². The number of nitrogens with one attached hydrogen (secondary N) is 1. The quantitative estimate of drug-likeness (QED) is 0.651. The van der Waals surface area contributed by atoms with Crippen LogP contribution in [-0.2, 0) is 13.1 Å². The van der Waals surface area contributed by atoms with E-state index < -0.39 is 0 Å². The molecule has 0 aliphatic rings. The Morgan fingerprint density at radius 1 is 1.17 bits per heavy atom. The summed E-state index contributed by atoms with van der Waals surface area (Å²) in [6, 6.07) is 0.482. The summed E-state index contributed by atoms with van der Waals surface area (Å²) in [5.41, 5.74) is 0. The number of hydrogen-bond acceptors (Lipinski definition) is 3. The van der Waals surface area contributed by atoms with E-state index >= 15 is 0 Å². The first-order valence-electron chi connectivity index (χ1n) is 7.34. The second kappa shape index (κ2) is 9.09. The van der Waals surface area contributed by atoms with Gasteiger partial charge in [0.15, 0.2) is 5.82 Å². The average Bonchev–Trinajstić information content (AvgIpc) is 2.79. The second-order valence-electron chi connectivity index (χ2n) is 5.23. The zero-order valence-electron chi connectivity index (χ0n) is 12.2. The van der Waals surface area contributed by atoms with Crippen molar-refractivity contribution in [2.24, 2.45) is 0 Å². The Bertz CT molecular complexity index is 306. The van der Waals surface area contributed by atoms with E-state index in [1.54, 1.807) is 0 Å². The first kappa shape index (κ1) is 15.2. The van der Waals surface area contributed by atoms with Crippen LogP contribution in [-0.4, -0.2) is 20.8 Å². The van der Waals surface area contributed by atoms with Crippen molar-refractivity contribution in [1.29, 1.82) is 0 Å². The van der Waals surface area contributed by atoms with Gasteiger partial charge in [0, 0.05) is 12.6 Å². The number of rotatable bonds is 10. The van der Waals surface area contributed by atoms with Crippen LogP contribution < -0.4 is 5.32 Å². The van der Waals surface area contributed by atoms with Crippen LogP contribution in [0.1, 0.15) is 65.1 Å².